The second-order valence-electron chi connectivity index (χ2n) is 13.6. The Labute approximate surface area is 296 Å². The van der Waals surface area contributed by atoms with Gasteiger partial charge in [0.1, 0.15) is 16.7 Å². The van der Waals surface area contributed by atoms with Crippen LogP contribution in [-0.2, 0) is 8.98 Å². The lowest BCUT2D eigenvalue weighted by Crippen LogP contribution is -2.37. The van der Waals surface area contributed by atoms with Crippen LogP contribution in [0.4, 0.5) is 21.6 Å². The highest BCUT2D eigenvalue weighted by molar-refractivity contribution is 8.29. The van der Waals surface area contributed by atoms with Gasteiger partial charge in [-0.05, 0) is 81.6 Å². The van der Waals surface area contributed by atoms with Crippen LogP contribution in [0.3, 0.4) is 0 Å². The van der Waals surface area contributed by atoms with Gasteiger partial charge >= 0.3 is 0 Å². The number of halogens is 2. The highest BCUT2D eigenvalue weighted by Crippen LogP contribution is 2.57. The highest BCUT2D eigenvalue weighted by atomic mass is 35.5. The van der Waals surface area contributed by atoms with Crippen molar-refractivity contribution in [1.82, 2.24) is 25.4 Å². The predicted molar refractivity (Wildman–Crippen MR) is 201 cm³/mol. The molecule has 9 nitrogen and oxygen atoms in total. The van der Waals surface area contributed by atoms with Crippen LogP contribution in [0.1, 0.15) is 53.4 Å². The second-order valence-corrected chi connectivity index (χ2v) is 18.9. The molecule has 13 heteroatoms. The lowest BCUT2D eigenvalue weighted by Gasteiger charge is -2.49. The number of nitrogens with zero attached hydrogens (tertiary/aromatic N) is 4. The summed E-state index contributed by atoms with van der Waals surface area (Å²) < 4.78 is 21.5. The van der Waals surface area contributed by atoms with Crippen molar-refractivity contribution >= 4 is 56.8 Å². The smallest absolute Gasteiger partial charge is 0.226 e. The molecule has 0 radical (unpaired) electrons. The Morgan fingerprint density at radius 3 is 2.60 bits per heavy atom. The molecule has 48 heavy (non-hydrogen) atoms. The van der Waals surface area contributed by atoms with Gasteiger partial charge in [0.25, 0.3) is 0 Å². The number of pyridine rings is 1. The molecule has 2 heterocycles. The lowest BCUT2D eigenvalue weighted by atomic mass is 9.84. The van der Waals surface area contributed by atoms with Crippen LogP contribution in [0, 0.1) is 11.7 Å². The molecule has 1 saturated carbocycles. The van der Waals surface area contributed by atoms with Crippen molar-refractivity contribution in [1.29, 1.82) is 0 Å². The summed E-state index contributed by atoms with van der Waals surface area (Å²) in [6.45, 7) is 12.3. The van der Waals surface area contributed by atoms with E-state index in [0.717, 1.165) is 44.6 Å². The Hall–Kier alpha value is -2.48. The molecule has 2 aromatic heterocycles. The Kier molecular flexibility index (Phi) is 13.9. The molecular weight excluding hydrogens is 669 g/mol. The van der Waals surface area contributed by atoms with Crippen molar-refractivity contribution in [2.45, 2.75) is 69.3 Å². The molecule has 0 unspecified atom stereocenters. The normalized spacial score (nSPS) is 16.9. The van der Waals surface area contributed by atoms with Gasteiger partial charge in [0.15, 0.2) is 0 Å². The first kappa shape index (κ1) is 38.3. The number of aromatic nitrogens is 3. The van der Waals surface area contributed by atoms with E-state index in [1.807, 2.05) is 13.1 Å². The minimum atomic E-state index is -1.17. The standard InChI is InChI=1S/C35H51ClFN7O2S2/c1-8-15-44(17-14-38-5)16-12-33(45)41-32-21-26(11-13-39-32)40-31-22-30(28-20-25(36)9-10-29(28)37)42-43-34(31)47-23-24-18-27(19-24)46-48(6,7)35(2,3)4/h9-11,13,20-22,24,27,38H,8,12,14-19,23H2,1-7H3,(H2,39,40,41,42,45). The van der Waals surface area contributed by atoms with Crippen LogP contribution < -0.4 is 16.0 Å². The molecule has 4 rings (SSSR count). The van der Waals surface area contributed by atoms with Gasteiger partial charge in [-0.2, -0.15) is 0 Å². The molecule has 1 amide bonds. The van der Waals surface area contributed by atoms with Crippen LogP contribution in [-0.4, -0.2) is 88.3 Å². The quantitative estimate of drug-likeness (QED) is 0.120. The van der Waals surface area contributed by atoms with Crippen molar-refractivity contribution < 1.29 is 13.4 Å². The zero-order chi connectivity index (χ0) is 34.9. The number of thioether (sulfide) groups is 1. The Balaban J connectivity index is 1.46. The third kappa shape index (κ3) is 11.0. The first-order valence-electron chi connectivity index (χ1n) is 16.5. The monoisotopic (exact) mass is 719 g/mol. The third-order valence-electron chi connectivity index (χ3n) is 8.64. The average Bonchev–Trinajstić information content (AvgIpc) is 3.01. The van der Waals surface area contributed by atoms with Crippen molar-refractivity contribution in [3.63, 3.8) is 0 Å². The van der Waals surface area contributed by atoms with Gasteiger partial charge in [-0.15, -0.1) is 32.3 Å². The van der Waals surface area contributed by atoms with Gasteiger partial charge in [0, 0.05) is 65.1 Å². The highest BCUT2D eigenvalue weighted by Gasteiger charge is 2.37. The molecule has 0 saturated heterocycles. The number of benzene rings is 1. The number of carbonyl (C=O) groups excluding carboxylic acids is 1. The molecule has 0 bridgehead atoms. The molecule has 0 aliphatic heterocycles. The molecular formula is C35H51ClFN7O2S2. The number of nitrogens with one attached hydrogen (secondary N) is 3. The van der Waals surface area contributed by atoms with E-state index < -0.39 is 16.1 Å². The SMILES string of the molecule is CCCN(CCNC)CCC(=O)Nc1cc(Nc2cc(-c3cc(Cl)ccc3F)nnc2SCC2CC(OS(C)(C)C(C)(C)C)C2)ccn1. The van der Waals surface area contributed by atoms with Gasteiger partial charge in [-0.25, -0.2) is 9.37 Å². The fraction of sp³-hybridized carbons (Fsp3) is 0.543. The average molecular weight is 720 g/mol. The van der Waals surface area contributed by atoms with Crippen molar-refractivity contribution in [3.8, 4) is 11.3 Å². The van der Waals surface area contributed by atoms with E-state index in [1.54, 1.807) is 36.2 Å². The Bertz CT molecular complexity index is 1520. The first-order chi connectivity index (χ1) is 22.8. The predicted octanol–water partition coefficient (Wildman–Crippen LogP) is 8.00. The zero-order valence-electron chi connectivity index (χ0n) is 29.2. The van der Waals surface area contributed by atoms with Crippen LogP contribution in [0.25, 0.3) is 11.3 Å². The summed E-state index contributed by atoms with van der Waals surface area (Å²) >= 11 is 7.82. The van der Waals surface area contributed by atoms with Crippen molar-refractivity contribution in [2.24, 2.45) is 5.92 Å². The number of rotatable bonds is 17. The number of carbonyl (C=O) groups is 1. The molecule has 3 aromatic rings. The summed E-state index contributed by atoms with van der Waals surface area (Å²) in [6, 6.07) is 9.77. The topological polar surface area (TPSA) is 104 Å². The first-order valence-corrected chi connectivity index (χ1v) is 20.3. The van der Waals surface area contributed by atoms with Gasteiger partial charge in [0.05, 0.1) is 17.5 Å². The Morgan fingerprint density at radius 1 is 1.12 bits per heavy atom. The van der Waals surface area contributed by atoms with E-state index in [2.05, 4.69) is 76.2 Å². The summed E-state index contributed by atoms with van der Waals surface area (Å²) in [6.07, 6.45) is 9.85. The maximum Gasteiger partial charge on any atom is 0.226 e. The molecule has 1 aliphatic carbocycles. The number of likely N-dealkylation sites (N-methyl/N-ethyl adjacent to an activating group) is 1. The van der Waals surface area contributed by atoms with Crippen molar-refractivity contribution in [3.05, 3.63) is 53.4 Å². The molecule has 3 N–H and O–H groups in total. The van der Waals surface area contributed by atoms with E-state index in [0.29, 0.717) is 51.8 Å². The zero-order valence-corrected chi connectivity index (χ0v) is 31.6. The fourth-order valence-electron chi connectivity index (χ4n) is 5.09. The summed E-state index contributed by atoms with van der Waals surface area (Å²) in [5.74, 6) is 1.28. The summed E-state index contributed by atoms with van der Waals surface area (Å²) in [5.41, 5.74) is 2.02. The summed E-state index contributed by atoms with van der Waals surface area (Å²) in [7, 11) is 0.762. The van der Waals surface area contributed by atoms with Gasteiger partial charge in [-0.3, -0.25) is 4.79 Å². The molecule has 0 spiro atoms. The summed E-state index contributed by atoms with van der Waals surface area (Å²) in [4.78, 5) is 19.5. The minimum Gasteiger partial charge on any atom is -0.353 e. The van der Waals surface area contributed by atoms with Crippen LogP contribution in [0.2, 0.25) is 5.02 Å². The fourth-order valence-corrected chi connectivity index (χ4v) is 7.42. The van der Waals surface area contributed by atoms with Crippen LogP contribution >= 0.6 is 33.7 Å². The van der Waals surface area contributed by atoms with E-state index in [-0.39, 0.29) is 22.3 Å². The molecule has 1 aliphatic rings. The third-order valence-corrected chi connectivity index (χ3v) is 13.8. The summed E-state index contributed by atoms with van der Waals surface area (Å²) in [5, 5.41) is 19.6. The van der Waals surface area contributed by atoms with E-state index in [9.17, 15) is 9.18 Å². The number of hydrogen-bond donors (Lipinski definition) is 3. The number of anilines is 3. The molecule has 0 atom stereocenters. The van der Waals surface area contributed by atoms with Gasteiger partial charge < -0.3 is 25.0 Å². The van der Waals surface area contributed by atoms with Crippen LogP contribution in [0.15, 0.2) is 47.6 Å². The number of amides is 1. The van der Waals surface area contributed by atoms with Gasteiger partial charge in [0.2, 0.25) is 5.91 Å². The maximum atomic E-state index is 14.8. The second kappa shape index (κ2) is 17.4. The lowest BCUT2D eigenvalue weighted by molar-refractivity contribution is -0.116. The van der Waals surface area contributed by atoms with E-state index in [4.69, 9.17) is 15.8 Å². The van der Waals surface area contributed by atoms with E-state index in [1.165, 1.54) is 12.1 Å². The largest absolute Gasteiger partial charge is 0.353 e. The maximum absolute atomic E-state index is 14.8. The molecule has 1 fully saturated rings. The van der Waals surface area contributed by atoms with Crippen molar-refractivity contribution in [2.75, 3.05) is 62.1 Å². The van der Waals surface area contributed by atoms with E-state index >= 15 is 0 Å². The number of hydrogen-bond acceptors (Lipinski definition) is 9. The molecule has 1 aromatic carbocycles. The Morgan fingerprint density at radius 2 is 1.90 bits per heavy atom. The minimum absolute atomic E-state index is 0.0963. The van der Waals surface area contributed by atoms with Gasteiger partial charge in [-0.1, -0.05) is 39.3 Å². The van der Waals surface area contributed by atoms with Crippen LogP contribution in [0.5, 0.6) is 0 Å². The molecule has 264 valence electrons.